The molecule has 0 unspecified atom stereocenters. The molecule has 0 N–H and O–H groups in total. The molecule has 1 aliphatic rings. The van der Waals surface area contributed by atoms with Crippen molar-refractivity contribution in [2.24, 2.45) is 0 Å². The first kappa shape index (κ1) is 21.8. The lowest BCUT2D eigenvalue weighted by atomic mass is 10.2. The summed E-state index contributed by atoms with van der Waals surface area (Å²) in [4.78, 5) is 26.4. The summed E-state index contributed by atoms with van der Waals surface area (Å²) < 4.78 is 16.4. The van der Waals surface area contributed by atoms with Gasteiger partial charge in [0.1, 0.15) is 19.0 Å². The van der Waals surface area contributed by atoms with E-state index in [2.05, 4.69) is 6.58 Å². The van der Waals surface area contributed by atoms with E-state index in [0.717, 1.165) is 22.2 Å². The molecule has 0 spiro atoms. The van der Waals surface area contributed by atoms with Gasteiger partial charge in [0.2, 0.25) is 0 Å². The molecule has 1 heterocycles. The van der Waals surface area contributed by atoms with Crippen molar-refractivity contribution in [3.05, 3.63) is 70.6 Å². The highest BCUT2D eigenvalue weighted by Crippen LogP contribution is 2.34. The number of carbonyl (C=O) groups excluding carboxylic acids is 2. The summed E-state index contributed by atoms with van der Waals surface area (Å²) >= 11 is 6.93. The van der Waals surface area contributed by atoms with Gasteiger partial charge in [-0.05, 0) is 47.7 Å². The zero-order valence-electron chi connectivity index (χ0n) is 16.3. The Labute approximate surface area is 184 Å². The summed E-state index contributed by atoms with van der Waals surface area (Å²) in [5, 5.41) is 0.132. The second-order valence-electron chi connectivity index (χ2n) is 6.12. The predicted octanol–water partition coefficient (Wildman–Crippen LogP) is 5.03. The zero-order chi connectivity index (χ0) is 21.5. The summed E-state index contributed by atoms with van der Waals surface area (Å²) in [5.74, 6) is 1.24. The number of methoxy groups -OCH3 is 1. The van der Waals surface area contributed by atoms with Crippen LogP contribution in [0.25, 0.3) is 6.08 Å². The van der Waals surface area contributed by atoms with Gasteiger partial charge in [0.15, 0.2) is 11.5 Å². The minimum Gasteiger partial charge on any atom is -0.493 e. The molecule has 1 aliphatic heterocycles. The van der Waals surface area contributed by atoms with Gasteiger partial charge in [-0.25, -0.2) is 0 Å². The number of halogens is 1. The number of hydrogen-bond donors (Lipinski definition) is 0. The highest BCUT2D eigenvalue weighted by Gasteiger charge is 2.34. The van der Waals surface area contributed by atoms with Crippen molar-refractivity contribution in [1.29, 1.82) is 0 Å². The molecule has 8 heteroatoms. The summed E-state index contributed by atoms with van der Waals surface area (Å²) in [6.07, 6.45) is 3.29. The smallest absolute Gasteiger partial charge is 0.293 e. The van der Waals surface area contributed by atoms with Crippen molar-refractivity contribution >= 4 is 40.6 Å². The summed E-state index contributed by atoms with van der Waals surface area (Å²) in [6.45, 7) is 4.25. The molecule has 1 saturated heterocycles. The number of benzene rings is 2. The Bertz CT molecular complexity index is 991. The van der Waals surface area contributed by atoms with Gasteiger partial charge in [-0.3, -0.25) is 14.5 Å². The number of rotatable bonds is 9. The normalized spacial score (nSPS) is 14.9. The fourth-order valence-corrected chi connectivity index (χ4v) is 3.75. The Hall–Kier alpha value is -2.90. The molecule has 0 atom stereocenters. The first-order chi connectivity index (χ1) is 14.5. The highest BCUT2D eigenvalue weighted by molar-refractivity contribution is 8.18. The molecular formula is C22H20ClNO5S. The molecule has 0 aromatic heterocycles. The van der Waals surface area contributed by atoms with Gasteiger partial charge in [0.05, 0.1) is 23.6 Å². The predicted molar refractivity (Wildman–Crippen MR) is 118 cm³/mol. The van der Waals surface area contributed by atoms with Gasteiger partial charge < -0.3 is 14.2 Å². The second kappa shape index (κ2) is 10.2. The van der Waals surface area contributed by atoms with Crippen molar-refractivity contribution < 1.29 is 23.8 Å². The van der Waals surface area contributed by atoms with Crippen molar-refractivity contribution in [2.45, 2.75) is 0 Å². The molecule has 3 rings (SSSR count). The molecular weight excluding hydrogens is 426 g/mol. The minimum atomic E-state index is -0.362. The fourth-order valence-electron chi connectivity index (χ4n) is 2.69. The highest BCUT2D eigenvalue weighted by atomic mass is 35.5. The van der Waals surface area contributed by atoms with Crippen LogP contribution in [0.4, 0.5) is 4.79 Å². The van der Waals surface area contributed by atoms with E-state index in [1.807, 2.05) is 0 Å². The van der Waals surface area contributed by atoms with Crippen LogP contribution in [0.5, 0.6) is 17.2 Å². The van der Waals surface area contributed by atoms with E-state index in [4.69, 9.17) is 25.8 Å². The number of para-hydroxylation sites is 1. The van der Waals surface area contributed by atoms with E-state index in [1.54, 1.807) is 54.6 Å². The fraction of sp³-hybridized carbons (Fsp3) is 0.182. The average Bonchev–Trinajstić information content (AvgIpc) is 3.01. The molecule has 6 nitrogen and oxygen atoms in total. The second-order valence-corrected chi connectivity index (χ2v) is 7.52. The molecule has 1 fully saturated rings. The van der Waals surface area contributed by atoms with Crippen LogP contribution in [0.15, 0.2) is 60.0 Å². The van der Waals surface area contributed by atoms with Crippen molar-refractivity contribution in [3.8, 4) is 17.2 Å². The molecule has 2 aromatic rings. The summed E-state index contributed by atoms with van der Waals surface area (Å²) in [7, 11) is 1.53. The Morgan fingerprint density at radius 1 is 1.10 bits per heavy atom. The number of amides is 2. The number of nitrogens with zero attached hydrogens (tertiary/aromatic N) is 1. The maximum atomic E-state index is 12.7. The maximum absolute atomic E-state index is 12.7. The monoisotopic (exact) mass is 445 g/mol. The molecule has 0 bridgehead atoms. The Morgan fingerprint density at radius 3 is 2.63 bits per heavy atom. The zero-order valence-corrected chi connectivity index (χ0v) is 17.9. The minimum absolute atomic E-state index is 0.130. The third-order valence-corrected chi connectivity index (χ3v) is 5.34. The third kappa shape index (κ3) is 5.17. The van der Waals surface area contributed by atoms with Crippen LogP contribution in [0.3, 0.4) is 0 Å². The number of carbonyl (C=O) groups is 2. The third-order valence-electron chi connectivity index (χ3n) is 4.12. The van der Waals surface area contributed by atoms with Crippen LogP contribution in [-0.4, -0.2) is 42.9 Å². The van der Waals surface area contributed by atoms with Crippen molar-refractivity contribution in [3.63, 3.8) is 0 Å². The van der Waals surface area contributed by atoms with E-state index in [1.165, 1.54) is 7.11 Å². The SMILES string of the molecule is C=CCOc1ccc(/C=C2\SC(=O)N(CCOc3ccccc3Cl)C2=O)cc1OC. The summed E-state index contributed by atoms with van der Waals surface area (Å²) in [6, 6.07) is 12.3. The Balaban J connectivity index is 1.67. The Kier molecular flexibility index (Phi) is 7.43. The molecule has 0 aliphatic carbocycles. The first-order valence-corrected chi connectivity index (χ1v) is 10.3. The standard InChI is InChI=1S/C22H20ClNO5S/c1-3-11-28-18-9-8-15(13-19(18)27-2)14-20-21(25)24(22(26)30-20)10-12-29-17-7-5-4-6-16(17)23/h3-9,13-14H,1,10-12H2,2H3/b20-14-. The lowest BCUT2D eigenvalue weighted by Crippen LogP contribution is -2.32. The lowest BCUT2D eigenvalue weighted by molar-refractivity contribution is -0.123. The largest absolute Gasteiger partial charge is 0.493 e. The Morgan fingerprint density at radius 2 is 1.90 bits per heavy atom. The van der Waals surface area contributed by atoms with Gasteiger partial charge in [-0.15, -0.1) is 0 Å². The van der Waals surface area contributed by atoms with Crippen LogP contribution >= 0.6 is 23.4 Å². The summed E-state index contributed by atoms with van der Waals surface area (Å²) in [5.41, 5.74) is 0.718. The van der Waals surface area contributed by atoms with E-state index in [9.17, 15) is 9.59 Å². The quantitative estimate of drug-likeness (QED) is 0.398. The number of ether oxygens (including phenoxy) is 3. The van der Waals surface area contributed by atoms with E-state index in [0.29, 0.717) is 33.8 Å². The van der Waals surface area contributed by atoms with Crippen LogP contribution < -0.4 is 14.2 Å². The molecule has 0 radical (unpaired) electrons. The van der Waals surface area contributed by atoms with Gasteiger partial charge in [0, 0.05) is 0 Å². The van der Waals surface area contributed by atoms with Gasteiger partial charge in [0.25, 0.3) is 11.1 Å². The maximum Gasteiger partial charge on any atom is 0.293 e. The number of hydrogen-bond acceptors (Lipinski definition) is 6. The van der Waals surface area contributed by atoms with Crippen molar-refractivity contribution in [1.82, 2.24) is 4.90 Å². The molecule has 2 aromatic carbocycles. The molecule has 30 heavy (non-hydrogen) atoms. The average molecular weight is 446 g/mol. The van der Waals surface area contributed by atoms with E-state index in [-0.39, 0.29) is 24.3 Å². The van der Waals surface area contributed by atoms with Gasteiger partial charge >= 0.3 is 0 Å². The molecule has 2 amide bonds. The molecule has 0 saturated carbocycles. The van der Waals surface area contributed by atoms with Gasteiger partial charge in [-0.1, -0.05) is 42.5 Å². The number of thioether (sulfide) groups is 1. The van der Waals surface area contributed by atoms with Crippen molar-refractivity contribution in [2.75, 3.05) is 26.9 Å². The first-order valence-electron chi connectivity index (χ1n) is 9.08. The topological polar surface area (TPSA) is 65.1 Å². The molecule has 156 valence electrons. The van der Waals surface area contributed by atoms with Crippen LogP contribution in [0.1, 0.15) is 5.56 Å². The van der Waals surface area contributed by atoms with Crippen LogP contribution in [-0.2, 0) is 4.79 Å². The van der Waals surface area contributed by atoms with Crippen LogP contribution in [0, 0.1) is 0 Å². The van der Waals surface area contributed by atoms with Crippen LogP contribution in [0.2, 0.25) is 5.02 Å². The van der Waals surface area contributed by atoms with E-state index < -0.39 is 0 Å². The van der Waals surface area contributed by atoms with E-state index >= 15 is 0 Å². The number of imide groups is 1. The van der Waals surface area contributed by atoms with Gasteiger partial charge in [-0.2, -0.15) is 0 Å². The lowest BCUT2D eigenvalue weighted by Gasteiger charge is -2.13.